The molecular weight excluding hydrogens is 256 g/mol. The molecule has 0 saturated carbocycles. The number of rotatable bonds is 9. The SMILES string of the molecule is CCCN(CCC)Cc1cc(=O)c(O)cn1CCCO. The van der Waals surface area contributed by atoms with E-state index >= 15 is 0 Å². The van der Waals surface area contributed by atoms with Crippen LogP contribution in [0.25, 0.3) is 0 Å². The van der Waals surface area contributed by atoms with E-state index in [0.717, 1.165) is 31.6 Å². The molecular formula is C15H26N2O3. The second-order valence-corrected chi connectivity index (χ2v) is 5.06. The van der Waals surface area contributed by atoms with Gasteiger partial charge in [0.2, 0.25) is 5.43 Å². The first-order valence-corrected chi connectivity index (χ1v) is 7.37. The Morgan fingerprint density at radius 3 is 2.45 bits per heavy atom. The highest BCUT2D eigenvalue weighted by Crippen LogP contribution is 2.10. The Morgan fingerprint density at radius 2 is 1.90 bits per heavy atom. The molecule has 0 aliphatic carbocycles. The fraction of sp³-hybridized carbons (Fsp3) is 0.667. The van der Waals surface area contributed by atoms with E-state index in [4.69, 9.17) is 5.11 Å². The molecule has 0 amide bonds. The molecule has 114 valence electrons. The molecule has 0 fully saturated rings. The van der Waals surface area contributed by atoms with Crippen LogP contribution in [0, 0.1) is 0 Å². The fourth-order valence-corrected chi connectivity index (χ4v) is 2.32. The Bertz CT molecular complexity index is 451. The van der Waals surface area contributed by atoms with E-state index < -0.39 is 0 Å². The van der Waals surface area contributed by atoms with E-state index in [9.17, 15) is 9.90 Å². The highest BCUT2D eigenvalue weighted by Gasteiger charge is 2.10. The van der Waals surface area contributed by atoms with E-state index in [-0.39, 0.29) is 17.8 Å². The summed E-state index contributed by atoms with van der Waals surface area (Å²) in [7, 11) is 0. The third-order valence-corrected chi connectivity index (χ3v) is 3.22. The van der Waals surface area contributed by atoms with Crippen molar-refractivity contribution in [1.29, 1.82) is 0 Å². The van der Waals surface area contributed by atoms with E-state index in [1.165, 1.54) is 12.3 Å². The molecule has 2 N–H and O–H groups in total. The number of pyridine rings is 1. The summed E-state index contributed by atoms with van der Waals surface area (Å²) in [6, 6.07) is 1.50. The summed E-state index contributed by atoms with van der Waals surface area (Å²) in [5.74, 6) is -0.232. The number of nitrogens with zero attached hydrogens (tertiary/aromatic N) is 2. The molecule has 20 heavy (non-hydrogen) atoms. The molecule has 0 aliphatic rings. The fourth-order valence-electron chi connectivity index (χ4n) is 2.32. The number of aromatic nitrogens is 1. The van der Waals surface area contributed by atoms with Crippen molar-refractivity contribution >= 4 is 0 Å². The van der Waals surface area contributed by atoms with Crippen LogP contribution in [-0.2, 0) is 13.1 Å². The van der Waals surface area contributed by atoms with Gasteiger partial charge < -0.3 is 14.8 Å². The van der Waals surface area contributed by atoms with Crippen molar-refractivity contribution in [3.8, 4) is 5.75 Å². The maximum Gasteiger partial charge on any atom is 0.223 e. The maximum atomic E-state index is 11.6. The van der Waals surface area contributed by atoms with E-state index in [0.29, 0.717) is 19.5 Å². The number of aliphatic hydroxyl groups excluding tert-OH is 1. The first-order chi connectivity index (χ1) is 9.62. The van der Waals surface area contributed by atoms with Crippen LogP contribution >= 0.6 is 0 Å². The van der Waals surface area contributed by atoms with Crippen molar-refractivity contribution < 1.29 is 10.2 Å². The van der Waals surface area contributed by atoms with Crippen LogP contribution < -0.4 is 5.43 Å². The summed E-state index contributed by atoms with van der Waals surface area (Å²) in [4.78, 5) is 13.9. The van der Waals surface area contributed by atoms with Crippen LogP contribution in [0.15, 0.2) is 17.1 Å². The van der Waals surface area contributed by atoms with Crippen LogP contribution in [0.4, 0.5) is 0 Å². The molecule has 1 aromatic heterocycles. The first-order valence-electron chi connectivity index (χ1n) is 7.37. The van der Waals surface area contributed by atoms with Gasteiger partial charge in [0.15, 0.2) is 5.75 Å². The third-order valence-electron chi connectivity index (χ3n) is 3.22. The predicted molar refractivity (Wildman–Crippen MR) is 79.9 cm³/mol. The number of hydrogen-bond acceptors (Lipinski definition) is 4. The van der Waals surface area contributed by atoms with Gasteiger partial charge in [-0.2, -0.15) is 0 Å². The molecule has 0 atom stereocenters. The van der Waals surface area contributed by atoms with Crippen molar-refractivity contribution in [2.24, 2.45) is 0 Å². The zero-order valence-electron chi connectivity index (χ0n) is 12.5. The van der Waals surface area contributed by atoms with Gasteiger partial charge in [-0.1, -0.05) is 13.8 Å². The van der Waals surface area contributed by atoms with Crippen molar-refractivity contribution in [3.05, 3.63) is 28.2 Å². The molecule has 0 aliphatic heterocycles. The van der Waals surface area contributed by atoms with Gasteiger partial charge in [0, 0.05) is 31.5 Å². The van der Waals surface area contributed by atoms with Crippen LogP contribution in [-0.4, -0.2) is 39.4 Å². The minimum atomic E-state index is -0.340. The van der Waals surface area contributed by atoms with Crippen LogP contribution in [0.2, 0.25) is 0 Å². The smallest absolute Gasteiger partial charge is 0.223 e. The van der Waals surface area contributed by atoms with Crippen molar-refractivity contribution in [2.75, 3.05) is 19.7 Å². The lowest BCUT2D eigenvalue weighted by Gasteiger charge is -2.23. The predicted octanol–water partition coefficient (Wildman–Crippen LogP) is 1.56. The van der Waals surface area contributed by atoms with E-state index in [1.54, 1.807) is 0 Å². The molecule has 0 saturated heterocycles. The standard InChI is InChI=1S/C15H26N2O3/c1-3-6-16(7-4-2)11-13-10-14(19)15(20)12-17(13)8-5-9-18/h10,12,18,20H,3-9,11H2,1-2H3. The van der Waals surface area contributed by atoms with Crippen molar-refractivity contribution in [1.82, 2.24) is 9.47 Å². The Hall–Kier alpha value is -1.33. The van der Waals surface area contributed by atoms with Crippen LogP contribution in [0.5, 0.6) is 5.75 Å². The second kappa shape index (κ2) is 8.76. The number of hydrogen-bond donors (Lipinski definition) is 2. The van der Waals surface area contributed by atoms with Crippen molar-refractivity contribution in [3.63, 3.8) is 0 Å². The monoisotopic (exact) mass is 282 g/mol. The zero-order valence-corrected chi connectivity index (χ0v) is 12.5. The minimum Gasteiger partial charge on any atom is -0.503 e. The topological polar surface area (TPSA) is 65.7 Å². The first kappa shape index (κ1) is 16.7. The number of aliphatic hydroxyl groups is 1. The summed E-state index contributed by atoms with van der Waals surface area (Å²) in [5, 5.41) is 18.5. The Balaban J connectivity index is 2.94. The van der Waals surface area contributed by atoms with Crippen molar-refractivity contribution in [2.45, 2.75) is 46.2 Å². The molecule has 1 aromatic rings. The van der Waals surface area contributed by atoms with E-state index in [1.807, 2.05) is 4.57 Å². The highest BCUT2D eigenvalue weighted by atomic mass is 16.3. The molecule has 0 radical (unpaired) electrons. The average Bonchev–Trinajstić information content (AvgIpc) is 2.41. The molecule has 1 rings (SSSR count). The lowest BCUT2D eigenvalue weighted by atomic mass is 10.2. The Morgan fingerprint density at radius 1 is 1.25 bits per heavy atom. The summed E-state index contributed by atoms with van der Waals surface area (Å²) in [5.41, 5.74) is 0.552. The lowest BCUT2D eigenvalue weighted by molar-refractivity contribution is 0.252. The average molecular weight is 282 g/mol. The number of aromatic hydroxyl groups is 1. The Labute approximate surface area is 120 Å². The van der Waals surface area contributed by atoms with Crippen LogP contribution in [0.1, 0.15) is 38.8 Å². The van der Waals surface area contributed by atoms with Crippen LogP contribution in [0.3, 0.4) is 0 Å². The maximum absolute atomic E-state index is 11.6. The lowest BCUT2D eigenvalue weighted by Crippen LogP contribution is -2.28. The van der Waals surface area contributed by atoms with Gasteiger partial charge in [-0.15, -0.1) is 0 Å². The minimum absolute atomic E-state index is 0.0972. The second-order valence-electron chi connectivity index (χ2n) is 5.06. The molecule has 5 heteroatoms. The summed E-state index contributed by atoms with van der Waals surface area (Å²) in [6.07, 6.45) is 4.22. The van der Waals surface area contributed by atoms with Gasteiger partial charge in [0.25, 0.3) is 0 Å². The van der Waals surface area contributed by atoms with Gasteiger partial charge in [-0.3, -0.25) is 9.69 Å². The quantitative estimate of drug-likeness (QED) is 0.721. The van der Waals surface area contributed by atoms with E-state index in [2.05, 4.69) is 18.7 Å². The summed E-state index contributed by atoms with van der Waals surface area (Å²) < 4.78 is 1.87. The van der Waals surface area contributed by atoms with Gasteiger partial charge in [-0.25, -0.2) is 0 Å². The Kier molecular flexibility index (Phi) is 7.33. The summed E-state index contributed by atoms with van der Waals surface area (Å²) >= 11 is 0. The molecule has 0 bridgehead atoms. The largest absolute Gasteiger partial charge is 0.503 e. The molecule has 0 spiro atoms. The molecule has 0 unspecified atom stereocenters. The normalized spacial score (nSPS) is 11.2. The third kappa shape index (κ3) is 4.98. The summed E-state index contributed by atoms with van der Waals surface area (Å²) in [6.45, 7) is 7.65. The van der Waals surface area contributed by atoms with Gasteiger partial charge in [0.1, 0.15) is 0 Å². The molecule has 5 nitrogen and oxygen atoms in total. The molecule has 1 heterocycles. The van der Waals surface area contributed by atoms with Gasteiger partial charge in [-0.05, 0) is 32.4 Å². The zero-order chi connectivity index (χ0) is 15.0. The molecule has 0 aromatic carbocycles. The number of aryl methyl sites for hydroxylation is 1. The van der Waals surface area contributed by atoms with Gasteiger partial charge in [0.05, 0.1) is 6.20 Å². The highest BCUT2D eigenvalue weighted by molar-refractivity contribution is 5.20. The van der Waals surface area contributed by atoms with Gasteiger partial charge >= 0.3 is 0 Å².